The van der Waals surface area contributed by atoms with E-state index in [1.54, 1.807) is 0 Å². The first kappa shape index (κ1) is 6.23. The first-order valence-electron chi connectivity index (χ1n) is 3.57. The van der Waals surface area contributed by atoms with Gasteiger partial charge in [-0.25, -0.2) is 0 Å². The smallest absolute Gasteiger partial charge is 0.0534 e. The molecular weight excluding hydrogens is 134 g/mol. The quantitative estimate of drug-likeness (QED) is 0.629. The van der Waals surface area contributed by atoms with E-state index in [-0.39, 0.29) is 0 Å². The third kappa shape index (κ3) is 1.17. The highest BCUT2D eigenvalue weighted by Gasteiger charge is 1.93. The van der Waals surface area contributed by atoms with Crippen molar-refractivity contribution >= 4 is 0 Å². The zero-order chi connectivity index (χ0) is 7.52. The molecule has 0 aliphatic carbocycles. The largest absolute Gasteiger partial charge is 0.361 e. The predicted octanol–water partition coefficient (Wildman–Crippen LogP) is 2.48. The van der Waals surface area contributed by atoms with E-state index in [4.69, 9.17) is 0 Å². The number of hydrogen-bond donors (Lipinski definition) is 1. The number of nitrogens with one attached hydrogen (secondary N) is 1. The lowest BCUT2D eigenvalue weighted by atomic mass is 10.2. The Balaban J connectivity index is 2.46. The number of aromatic nitrogens is 1. The van der Waals surface area contributed by atoms with Crippen molar-refractivity contribution in [1.82, 2.24) is 4.98 Å². The van der Waals surface area contributed by atoms with Crippen molar-refractivity contribution in [2.24, 2.45) is 0 Å². The fraction of sp³-hybridized carbons (Fsp3) is 0. The summed E-state index contributed by atoms with van der Waals surface area (Å²) in [6.45, 7) is 0. The van der Waals surface area contributed by atoms with E-state index in [1.807, 2.05) is 30.5 Å². The molecule has 1 N–H and O–H groups in total. The SMILES string of the molecule is [c]1cc[nH]c1-c1ccccc1. The Morgan fingerprint density at radius 3 is 2.55 bits per heavy atom. The van der Waals surface area contributed by atoms with Gasteiger partial charge in [-0.05, 0) is 11.6 Å². The second-order valence-corrected chi connectivity index (χ2v) is 2.36. The third-order valence-electron chi connectivity index (χ3n) is 1.60. The Labute approximate surface area is 65.7 Å². The second-order valence-electron chi connectivity index (χ2n) is 2.36. The zero-order valence-corrected chi connectivity index (χ0v) is 6.04. The molecule has 0 amide bonds. The third-order valence-corrected chi connectivity index (χ3v) is 1.60. The van der Waals surface area contributed by atoms with Crippen LogP contribution in [-0.4, -0.2) is 4.98 Å². The molecule has 2 aromatic rings. The minimum absolute atomic E-state index is 1.05. The minimum atomic E-state index is 1.05. The van der Waals surface area contributed by atoms with E-state index in [1.165, 1.54) is 5.56 Å². The van der Waals surface area contributed by atoms with Crippen molar-refractivity contribution in [3.05, 3.63) is 48.7 Å². The summed E-state index contributed by atoms with van der Waals surface area (Å²) in [5.74, 6) is 0. The summed E-state index contributed by atoms with van der Waals surface area (Å²) >= 11 is 0. The van der Waals surface area contributed by atoms with Gasteiger partial charge in [-0.1, -0.05) is 30.3 Å². The van der Waals surface area contributed by atoms with Gasteiger partial charge in [0, 0.05) is 12.3 Å². The highest BCUT2D eigenvalue weighted by atomic mass is 14.7. The molecule has 1 aromatic carbocycles. The topological polar surface area (TPSA) is 15.8 Å². The standard InChI is InChI=1S/C10H8N/c1-2-5-9(6-3-1)10-7-4-8-11-10/h1-6,8,11H. The van der Waals surface area contributed by atoms with Crippen LogP contribution in [0.1, 0.15) is 0 Å². The molecule has 0 atom stereocenters. The summed E-state index contributed by atoms with van der Waals surface area (Å²) in [4.78, 5) is 3.10. The Hall–Kier alpha value is -1.50. The molecule has 1 nitrogen and oxygen atoms in total. The van der Waals surface area contributed by atoms with Crippen LogP contribution >= 0.6 is 0 Å². The number of aromatic amines is 1. The number of H-pyrrole nitrogens is 1. The van der Waals surface area contributed by atoms with Crippen LogP contribution in [0.2, 0.25) is 0 Å². The molecule has 0 saturated carbocycles. The van der Waals surface area contributed by atoms with Crippen LogP contribution in [0.3, 0.4) is 0 Å². The zero-order valence-electron chi connectivity index (χ0n) is 6.04. The molecule has 0 aliphatic rings. The summed E-state index contributed by atoms with van der Waals surface area (Å²) in [6, 6.07) is 15.1. The Bertz CT molecular complexity index is 308. The van der Waals surface area contributed by atoms with Crippen molar-refractivity contribution in [3.8, 4) is 11.3 Å². The van der Waals surface area contributed by atoms with Crippen LogP contribution in [0.4, 0.5) is 0 Å². The lowest BCUT2D eigenvalue weighted by molar-refractivity contribution is 1.40. The highest BCUT2D eigenvalue weighted by Crippen LogP contribution is 2.14. The maximum Gasteiger partial charge on any atom is 0.0534 e. The molecule has 2 rings (SSSR count). The van der Waals surface area contributed by atoms with Crippen LogP contribution in [-0.2, 0) is 0 Å². The van der Waals surface area contributed by atoms with Gasteiger partial charge < -0.3 is 4.98 Å². The molecule has 11 heavy (non-hydrogen) atoms. The van der Waals surface area contributed by atoms with Gasteiger partial charge >= 0.3 is 0 Å². The van der Waals surface area contributed by atoms with Crippen LogP contribution in [0.15, 0.2) is 42.6 Å². The van der Waals surface area contributed by atoms with Crippen molar-refractivity contribution in [2.45, 2.75) is 0 Å². The van der Waals surface area contributed by atoms with Gasteiger partial charge in [-0.15, -0.1) is 0 Å². The fourth-order valence-corrected chi connectivity index (χ4v) is 1.06. The number of rotatable bonds is 1. The molecule has 53 valence electrons. The van der Waals surface area contributed by atoms with E-state index in [9.17, 15) is 0 Å². The maximum absolute atomic E-state index is 3.10. The summed E-state index contributed by atoms with van der Waals surface area (Å²) in [7, 11) is 0. The molecule has 1 radical (unpaired) electrons. The molecule has 0 bridgehead atoms. The molecule has 0 saturated heterocycles. The Kier molecular flexibility index (Phi) is 1.48. The maximum atomic E-state index is 3.10. The first-order valence-corrected chi connectivity index (χ1v) is 3.57. The molecule has 0 spiro atoms. The van der Waals surface area contributed by atoms with Crippen molar-refractivity contribution in [1.29, 1.82) is 0 Å². The van der Waals surface area contributed by atoms with E-state index in [2.05, 4.69) is 23.2 Å². The summed E-state index contributed by atoms with van der Waals surface area (Å²) in [5.41, 5.74) is 2.23. The summed E-state index contributed by atoms with van der Waals surface area (Å²) in [6.07, 6.45) is 1.88. The van der Waals surface area contributed by atoms with Gasteiger partial charge in [0.2, 0.25) is 0 Å². The minimum Gasteiger partial charge on any atom is -0.361 e. The fourth-order valence-electron chi connectivity index (χ4n) is 1.06. The molecule has 0 aliphatic heterocycles. The normalized spacial score (nSPS) is 9.82. The van der Waals surface area contributed by atoms with Crippen LogP contribution in [0.5, 0.6) is 0 Å². The second kappa shape index (κ2) is 2.62. The Morgan fingerprint density at radius 1 is 1.09 bits per heavy atom. The van der Waals surface area contributed by atoms with E-state index >= 15 is 0 Å². The molecule has 1 heterocycles. The average molecular weight is 142 g/mol. The van der Waals surface area contributed by atoms with Gasteiger partial charge in [0.05, 0.1) is 5.69 Å². The van der Waals surface area contributed by atoms with E-state index < -0.39 is 0 Å². The molecule has 1 heteroatoms. The van der Waals surface area contributed by atoms with Crippen molar-refractivity contribution < 1.29 is 0 Å². The van der Waals surface area contributed by atoms with E-state index in [0.29, 0.717) is 0 Å². The van der Waals surface area contributed by atoms with Crippen molar-refractivity contribution in [2.75, 3.05) is 0 Å². The molecule has 1 aromatic heterocycles. The lowest BCUT2D eigenvalue weighted by Crippen LogP contribution is -1.73. The van der Waals surface area contributed by atoms with Gasteiger partial charge in [-0.2, -0.15) is 0 Å². The average Bonchev–Trinajstić information content (AvgIpc) is 2.58. The number of benzene rings is 1. The summed E-state index contributed by atoms with van der Waals surface area (Å²) < 4.78 is 0. The van der Waals surface area contributed by atoms with E-state index in [0.717, 1.165) is 5.69 Å². The predicted molar refractivity (Wildman–Crippen MR) is 45.1 cm³/mol. The lowest BCUT2D eigenvalue weighted by Gasteiger charge is -1.93. The van der Waals surface area contributed by atoms with Gasteiger partial charge in [0.25, 0.3) is 0 Å². The summed E-state index contributed by atoms with van der Waals surface area (Å²) in [5, 5.41) is 0. The van der Waals surface area contributed by atoms with Crippen molar-refractivity contribution in [3.63, 3.8) is 0 Å². The monoisotopic (exact) mass is 142 g/mol. The van der Waals surface area contributed by atoms with Gasteiger partial charge in [0.15, 0.2) is 0 Å². The van der Waals surface area contributed by atoms with Gasteiger partial charge in [-0.3, -0.25) is 0 Å². The van der Waals surface area contributed by atoms with Crippen LogP contribution < -0.4 is 0 Å². The highest BCUT2D eigenvalue weighted by molar-refractivity contribution is 5.57. The number of hydrogen-bond acceptors (Lipinski definition) is 0. The van der Waals surface area contributed by atoms with Gasteiger partial charge in [0.1, 0.15) is 0 Å². The first-order chi connectivity index (χ1) is 5.47. The molecule has 0 fully saturated rings. The molecular formula is C10H8N. The van der Waals surface area contributed by atoms with Crippen LogP contribution in [0.25, 0.3) is 11.3 Å². The molecule has 0 unspecified atom stereocenters. The van der Waals surface area contributed by atoms with Crippen LogP contribution in [0, 0.1) is 6.07 Å². The Morgan fingerprint density at radius 2 is 1.91 bits per heavy atom.